The maximum Gasteiger partial charge on any atom is 0.125 e. The van der Waals surface area contributed by atoms with Gasteiger partial charge in [0.15, 0.2) is 0 Å². The molecule has 0 aliphatic rings. The zero-order chi connectivity index (χ0) is 12.1. The zero-order valence-electron chi connectivity index (χ0n) is 8.93. The Morgan fingerprint density at radius 2 is 2.06 bits per heavy atom. The molecule has 5 heteroatoms. The van der Waals surface area contributed by atoms with Crippen molar-refractivity contribution in [2.45, 2.75) is 19.1 Å². The second kappa shape index (κ2) is 5.79. The number of aliphatic hydroxyl groups is 3. The summed E-state index contributed by atoms with van der Waals surface area (Å²) in [6, 6.07) is 3.75. The van der Waals surface area contributed by atoms with Gasteiger partial charge in [0.1, 0.15) is 24.3 Å². The minimum Gasteiger partial charge on any atom is -0.490 e. The van der Waals surface area contributed by atoms with Gasteiger partial charge in [-0.05, 0) is 25.1 Å². The fourth-order valence-corrected chi connectivity index (χ4v) is 1.22. The molecular formula is C11H15FO4. The van der Waals surface area contributed by atoms with E-state index in [9.17, 15) is 9.50 Å². The number of hydrogen-bond acceptors (Lipinski definition) is 4. The summed E-state index contributed by atoms with van der Waals surface area (Å²) in [6.45, 7) is 0.969. The predicted octanol–water partition coefficient (Wildman–Crippen LogP) is 0.611. The van der Waals surface area contributed by atoms with Crippen molar-refractivity contribution in [2.24, 2.45) is 0 Å². The van der Waals surface area contributed by atoms with Crippen LogP contribution >= 0.6 is 0 Å². The lowest BCUT2D eigenvalue weighted by Crippen LogP contribution is -2.21. The van der Waals surface area contributed by atoms with Crippen molar-refractivity contribution in [2.75, 3.05) is 13.2 Å². The summed E-state index contributed by atoms with van der Waals surface area (Å²) in [5.74, 6) is -0.171. The highest BCUT2D eigenvalue weighted by molar-refractivity contribution is 5.35. The molecule has 16 heavy (non-hydrogen) atoms. The molecule has 0 fully saturated rings. The first kappa shape index (κ1) is 12.9. The van der Waals surface area contributed by atoms with Crippen molar-refractivity contribution in [1.82, 2.24) is 0 Å². The summed E-state index contributed by atoms with van der Waals surface area (Å²) in [5, 5.41) is 27.1. The molecule has 0 radical (unpaired) electrons. The standard InChI is InChI=1S/C11H15FO4/c1-7(14)10-4-8(12)2-3-11(10)16-6-9(15)5-13/h2-4,7,9,13-15H,5-6H2,1H3/t7-,9?/m0/s1. The molecule has 1 rings (SSSR count). The van der Waals surface area contributed by atoms with Crippen LogP contribution in [0.15, 0.2) is 18.2 Å². The van der Waals surface area contributed by atoms with Crippen LogP contribution in [-0.2, 0) is 0 Å². The first-order chi connectivity index (χ1) is 7.54. The van der Waals surface area contributed by atoms with Crippen molar-refractivity contribution >= 4 is 0 Å². The molecular weight excluding hydrogens is 215 g/mol. The van der Waals surface area contributed by atoms with Crippen LogP contribution < -0.4 is 4.74 Å². The minimum atomic E-state index is -0.994. The first-order valence-corrected chi connectivity index (χ1v) is 4.93. The van der Waals surface area contributed by atoms with E-state index < -0.39 is 24.6 Å². The van der Waals surface area contributed by atoms with Gasteiger partial charge >= 0.3 is 0 Å². The van der Waals surface area contributed by atoms with Gasteiger partial charge in [-0.2, -0.15) is 0 Å². The van der Waals surface area contributed by atoms with Crippen molar-refractivity contribution < 1.29 is 24.4 Å². The molecule has 0 bridgehead atoms. The van der Waals surface area contributed by atoms with Gasteiger partial charge in [0.05, 0.1) is 12.7 Å². The Morgan fingerprint density at radius 1 is 1.38 bits per heavy atom. The lowest BCUT2D eigenvalue weighted by atomic mass is 10.1. The van der Waals surface area contributed by atoms with Crippen LogP contribution in [0.3, 0.4) is 0 Å². The van der Waals surface area contributed by atoms with Gasteiger partial charge in [0, 0.05) is 5.56 Å². The summed E-state index contributed by atoms with van der Waals surface area (Å²) in [6.07, 6.45) is -1.86. The normalized spacial score (nSPS) is 14.6. The first-order valence-electron chi connectivity index (χ1n) is 4.93. The van der Waals surface area contributed by atoms with Crippen molar-refractivity contribution in [1.29, 1.82) is 0 Å². The number of halogens is 1. The second-order valence-corrected chi connectivity index (χ2v) is 3.51. The van der Waals surface area contributed by atoms with Gasteiger partial charge in [-0.15, -0.1) is 0 Å². The van der Waals surface area contributed by atoms with Gasteiger partial charge in [-0.25, -0.2) is 4.39 Å². The predicted molar refractivity (Wildman–Crippen MR) is 55.6 cm³/mol. The van der Waals surface area contributed by atoms with Gasteiger partial charge in [0.2, 0.25) is 0 Å². The van der Waals surface area contributed by atoms with E-state index in [-0.39, 0.29) is 6.61 Å². The molecule has 90 valence electrons. The Morgan fingerprint density at radius 3 is 2.62 bits per heavy atom. The van der Waals surface area contributed by atoms with Crippen LogP contribution in [-0.4, -0.2) is 34.6 Å². The Hall–Kier alpha value is -1.17. The number of ether oxygens (including phenoxy) is 1. The Bertz CT molecular complexity index is 341. The van der Waals surface area contributed by atoms with Gasteiger partial charge in [0.25, 0.3) is 0 Å². The van der Waals surface area contributed by atoms with E-state index in [1.807, 2.05) is 0 Å². The third-order valence-electron chi connectivity index (χ3n) is 2.06. The monoisotopic (exact) mass is 230 g/mol. The van der Waals surface area contributed by atoms with Crippen LogP contribution in [0.2, 0.25) is 0 Å². The number of hydrogen-bond donors (Lipinski definition) is 3. The quantitative estimate of drug-likeness (QED) is 0.693. The van der Waals surface area contributed by atoms with E-state index in [1.54, 1.807) is 0 Å². The minimum absolute atomic E-state index is 0.109. The maximum atomic E-state index is 12.9. The van der Waals surface area contributed by atoms with E-state index in [0.717, 1.165) is 0 Å². The topological polar surface area (TPSA) is 69.9 Å². The molecule has 0 spiro atoms. The molecule has 1 aromatic carbocycles. The summed E-state index contributed by atoms with van der Waals surface area (Å²) >= 11 is 0. The highest BCUT2D eigenvalue weighted by atomic mass is 19.1. The lowest BCUT2D eigenvalue weighted by molar-refractivity contribution is 0.0523. The second-order valence-electron chi connectivity index (χ2n) is 3.51. The highest BCUT2D eigenvalue weighted by Crippen LogP contribution is 2.25. The maximum absolute atomic E-state index is 12.9. The lowest BCUT2D eigenvalue weighted by Gasteiger charge is -2.15. The molecule has 0 aliphatic carbocycles. The molecule has 3 N–H and O–H groups in total. The van der Waals surface area contributed by atoms with Crippen LogP contribution in [0.5, 0.6) is 5.75 Å². The zero-order valence-corrected chi connectivity index (χ0v) is 8.93. The third kappa shape index (κ3) is 3.44. The van der Waals surface area contributed by atoms with E-state index in [2.05, 4.69) is 0 Å². The molecule has 0 aliphatic heterocycles. The van der Waals surface area contributed by atoms with E-state index in [4.69, 9.17) is 14.9 Å². The molecule has 0 heterocycles. The van der Waals surface area contributed by atoms with Crippen LogP contribution in [0.1, 0.15) is 18.6 Å². The van der Waals surface area contributed by atoms with Gasteiger partial charge < -0.3 is 20.1 Å². The SMILES string of the molecule is C[C@H](O)c1cc(F)ccc1OCC(O)CO. The number of benzene rings is 1. The molecule has 1 aromatic rings. The van der Waals surface area contributed by atoms with Crippen molar-refractivity contribution in [3.63, 3.8) is 0 Å². The van der Waals surface area contributed by atoms with Gasteiger partial charge in [-0.3, -0.25) is 0 Å². The number of rotatable bonds is 5. The third-order valence-corrected chi connectivity index (χ3v) is 2.06. The molecule has 0 amide bonds. The Kier molecular flexibility index (Phi) is 4.67. The van der Waals surface area contributed by atoms with Crippen LogP contribution in [0.4, 0.5) is 4.39 Å². The highest BCUT2D eigenvalue weighted by Gasteiger charge is 2.12. The molecule has 0 aromatic heterocycles. The Balaban J connectivity index is 2.78. The summed E-state index contributed by atoms with van der Waals surface area (Å²) < 4.78 is 18.1. The van der Waals surface area contributed by atoms with Crippen LogP contribution in [0, 0.1) is 5.82 Å². The molecule has 0 saturated carbocycles. The largest absolute Gasteiger partial charge is 0.490 e. The molecule has 1 unspecified atom stereocenters. The fourth-order valence-electron chi connectivity index (χ4n) is 1.22. The summed E-state index contributed by atoms with van der Waals surface area (Å²) in [7, 11) is 0. The van der Waals surface area contributed by atoms with E-state index >= 15 is 0 Å². The van der Waals surface area contributed by atoms with E-state index in [0.29, 0.717) is 11.3 Å². The average Bonchev–Trinajstić information content (AvgIpc) is 2.26. The molecule has 0 saturated heterocycles. The molecule has 4 nitrogen and oxygen atoms in total. The van der Waals surface area contributed by atoms with Crippen LogP contribution in [0.25, 0.3) is 0 Å². The van der Waals surface area contributed by atoms with Gasteiger partial charge in [-0.1, -0.05) is 0 Å². The summed E-state index contributed by atoms with van der Waals surface area (Å²) in [5.41, 5.74) is 0.310. The Labute approximate surface area is 92.9 Å². The van der Waals surface area contributed by atoms with Crippen molar-refractivity contribution in [3.8, 4) is 5.75 Å². The summed E-state index contributed by atoms with van der Waals surface area (Å²) in [4.78, 5) is 0. The smallest absolute Gasteiger partial charge is 0.125 e. The molecule has 2 atom stereocenters. The van der Waals surface area contributed by atoms with Crippen molar-refractivity contribution in [3.05, 3.63) is 29.6 Å². The number of aliphatic hydroxyl groups excluding tert-OH is 3. The average molecular weight is 230 g/mol. The van der Waals surface area contributed by atoms with E-state index in [1.165, 1.54) is 25.1 Å². The fraction of sp³-hybridized carbons (Fsp3) is 0.455.